The van der Waals surface area contributed by atoms with Crippen LogP contribution in [0.25, 0.3) is 6.08 Å². The van der Waals surface area contributed by atoms with Crippen molar-refractivity contribution in [1.29, 1.82) is 10.5 Å². The molecule has 0 radical (unpaired) electrons. The summed E-state index contributed by atoms with van der Waals surface area (Å²) in [6, 6.07) is 18.0. The molecule has 0 aromatic heterocycles. The molecule has 0 unspecified atom stereocenters. The fraction of sp³-hybridized carbons (Fsp3) is 0.105. The van der Waals surface area contributed by atoms with E-state index in [1.54, 1.807) is 30.3 Å². The molecule has 0 saturated heterocycles. The van der Waals surface area contributed by atoms with E-state index in [2.05, 4.69) is 5.32 Å². The minimum atomic E-state index is -0.498. The van der Waals surface area contributed by atoms with Crippen LogP contribution in [0.3, 0.4) is 0 Å². The third kappa shape index (κ3) is 4.22. The second kappa shape index (κ2) is 8.17. The first-order valence-electron chi connectivity index (χ1n) is 7.23. The summed E-state index contributed by atoms with van der Waals surface area (Å²) in [5, 5.41) is 20.6. The molecule has 0 saturated carbocycles. The highest BCUT2D eigenvalue weighted by molar-refractivity contribution is 6.10. The lowest BCUT2D eigenvalue weighted by Gasteiger charge is -2.08. The Hall–Kier alpha value is -3.57. The van der Waals surface area contributed by atoms with Crippen LogP contribution in [0.15, 0.2) is 54.1 Å². The standard InChI is InChI=1S/C19H15N3O2/c1-14-6-2-4-8-17(14)22-19(23)16(13-21)12-15-7-3-5-9-18(15)24-11-10-20/h2-9,12H,11H2,1H3,(H,22,23)/b16-12+. The molecule has 0 bridgehead atoms. The SMILES string of the molecule is Cc1ccccc1NC(=O)/C(C#N)=C/c1ccccc1OCC#N. The van der Waals surface area contributed by atoms with Crippen LogP contribution in [0.5, 0.6) is 5.75 Å². The first kappa shape index (κ1) is 16.8. The van der Waals surface area contributed by atoms with Gasteiger partial charge in [0.05, 0.1) is 0 Å². The number of hydrogen-bond acceptors (Lipinski definition) is 4. The second-order valence-corrected chi connectivity index (χ2v) is 4.92. The molecule has 5 heteroatoms. The van der Waals surface area contributed by atoms with Crippen LogP contribution in [0.2, 0.25) is 0 Å². The minimum absolute atomic E-state index is 0.0498. The van der Waals surface area contributed by atoms with Crippen molar-refractivity contribution in [3.05, 3.63) is 65.2 Å². The Labute approximate surface area is 140 Å². The smallest absolute Gasteiger partial charge is 0.266 e. The van der Waals surface area contributed by atoms with Gasteiger partial charge in [0.1, 0.15) is 23.5 Å². The van der Waals surface area contributed by atoms with Crippen molar-refractivity contribution in [2.24, 2.45) is 0 Å². The molecule has 0 heterocycles. The van der Waals surface area contributed by atoms with E-state index in [4.69, 9.17) is 10.00 Å². The van der Waals surface area contributed by atoms with Crippen molar-refractivity contribution in [3.63, 3.8) is 0 Å². The molecule has 2 aromatic carbocycles. The predicted molar refractivity (Wildman–Crippen MR) is 90.9 cm³/mol. The first-order chi connectivity index (χ1) is 11.7. The summed E-state index contributed by atoms with van der Waals surface area (Å²) in [4.78, 5) is 12.3. The number of nitriles is 2. The van der Waals surface area contributed by atoms with Crippen molar-refractivity contribution >= 4 is 17.7 Å². The van der Waals surface area contributed by atoms with Crippen molar-refractivity contribution in [1.82, 2.24) is 0 Å². The molecule has 0 aliphatic carbocycles. The summed E-state index contributed by atoms with van der Waals surface area (Å²) < 4.78 is 5.30. The number of para-hydroxylation sites is 2. The van der Waals surface area contributed by atoms with Gasteiger partial charge < -0.3 is 10.1 Å². The van der Waals surface area contributed by atoms with Crippen LogP contribution in [-0.4, -0.2) is 12.5 Å². The number of ether oxygens (including phenoxy) is 1. The molecule has 0 aliphatic rings. The maximum atomic E-state index is 12.3. The molecular formula is C19H15N3O2. The van der Waals surface area contributed by atoms with Gasteiger partial charge in [-0.2, -0.15) is 10.5 Å². The Balaban J connectivity index is 2.27. The van der Waals surface area contributed by atoms with Crippen LogP contribution in [0, 0.1) is 29.6 Å². The molecule has 2 aromatic rings. The first-order valence-corrected chi connectivity index (χ1v) is 7.23. The van der Waals surface area contributed by atoms with E-state index in [0.717, 1.165) is 5.56 Å². The van der Waals surface area contributed by atoms with Crippen molar-refractivity contribution in [2.45, 2.75) is 6.92 Å². The maximum absolute atomic E-state index is 12.3. The Morgan fingerprint density at radius 1 is 1.17 bits per heavy atom. The van der Waals surface area contributed by atoms with Crippen molar-refractivity contribution in [2.75, 3.05) is 11.9 Å². The summed E-state index contributed by atoms with van der Waals surface area (Å²) in [7, 11) is 0. The van der Waals surface area contributed by atoms with Gasteiger partial charge >= 0.3 is 0 Å². The summed E-state index contributed by atoms with van der Waals surface area (Å²) in [6.45, 7) is 1.76. The number of benzene rings is 2. The third-order valence-corrected chi connectivity index (χ3v) is 3.27. The average Bonchev–Trinajstić information content (AvgIpc) is 2.60. The highest BCUT2D eigenvalue weighted by Crippen LogP contribution is 2.22. The van der Waals surface area contributed by atoms with E-state index in [1.807, 2.05) is 37.3 Å². The van der Waals surface area contributed by atoms with E-state index in [1.165, 1.54) is 6.08 Å². The van der Waals surface area contributed by atoms with E-state index in [-0.39, 0.29) is 12.2 Å². The van der Waals surface area contributed by atoms with Gasteiger partial charge in [-0.3, -0.25) is 4.79 Å². The molecule has 24 heavy (non-hydrogen) atoms. The zero-order chi connectivity index (χ0) is 17.4. The van der Waals surface area contributed by atoms with Gasteiger partial charge in [0, 0.05) is 11.3 Å². The Kier molecular flexibility index (Phi) is 5.71. The molecule has 2 rings (SSSR count). The fourth-order valence-corrected chi connectivity index (χ4v) is 2.05. The third-order valence-electron chi connectivity index (χ3n) is 3.27. The number of hydrogen-bond donors (Lipinski definition) is 1. The minimum Gasteiger partial charge on any atom is -0.478 e. The van der Waals surface area contributed by atoms with Crippen molar-refractivity contribution < 1.29 is 9.53 Å². The van der Waals surface area contributed by atoms with E-state index in [0.29, 0.717) is 17.0 Å². The second-order valence-electron chi connectivity index (χ2n) is 4.92. The number of nitrogens with zero attached hydrogens (tertiary/aromatic N) is 2. The number of aryl methyl sites for hydroxylation is 1. The summed E-state index contributed by atoms with van der Waals surface area (Å²) >= 11 is 0. The summed E-state index contributed by atoms with van der Waals surface area (Å²) in [6.07, 6.45) is 1.44. The number of carbonyl (C=O) groups excluding carboxylic acids is 1. The maximum Gasteiger partial charge on any atom is 0.266 e. The Morgan fingerprint density at radius 2 is 1.88 bits per heavy atom. The van der Waals surface area contributed by atoms with Crippen LogP contribution in [-0.2, 0) is 4.79 Å². The fourth-order valence-electron chi connectivity index (χ4n) is 2.05. The molecule has 5 nitrogen and oxygen atoms in total. The molecule has 0 atom stereocenters. The highest BCUT2D eigenvalue weighted by Gasteiger charge is 2.12. The van der Waals surface area contributed by atoms with Gasteiger partial charge in [0.15, 0.2) is 6.61 Å². The van der Waals surface area contributed by atoms with Gasteiger partial charge in [-0.25, -0.2) is 0 Å². The lowest BCUT2D eigenvalue weighted by molar-refractivity contribution is -0.112. The van der Waals surface area contributed by atoms with Gasteiger partial charge in [0.2, 0.25) is 0 Å². The molecule has 1 amide bonds. The zero-order valence-electron chi connectivity index (χ0n) is 13.1. The zero-order valence-corrected chi connectivity index (χ0v) is 13.1. The number of anilines is 1. The highest BCUT2D eigenvalue weighted by atomic mass is 16.5. The van der Waals surface area contributed by atoms with Crippen molar-refractivity contribution in [3.8, 4) is 17.9 Å². The molecule has 0 spiro atoms. The summed E-state index contributed by atoms with van der Waals surface area (Å²) in [5.41, 5.74) is 2.06. The number of nitrogens with one attached hydrogen (secondary N) is 1. The van der Waals surface area contributed by atoms with Gasteiger partial charge in [-0.15, -0.1) is 0 Å². The van der Waals surface area contributed by atoms with E-state index in [9.17, 15) is 10.1 Å². The monoisotopic (exact) mass is 317 g/mol. The van der Waals surface area contributed by atoms with Crippen LogP contribution in [0.4, 0.5) is 5.69 Å². The number of amides is 1. The molecule has 118 valence electrons. The van der Waals surface area contributed by atoms with Gasteiger partial charge in [0.25, 0.3) is 5.91 Å². The van der Waals surface area contributed by atoms with E-state index < -0.39 is 5.91 Å². The lowest BCUT2D eigenvalue weighted by Crippen LogP contribution is -2.14. The molecule has 0 fully saturated rings. The topological polar surface area (TPSA) is 85.9 Å². The summed E-state index contributed by atoms with van der Waals surface area (Å²) in [5.74, 6) is -0.0580. The molecular weight excluding hydrogens is 302 g/mol. The largest absolute Gasteiger partial charge is 0.478 e. The van der Waals surface area contributed by atoms with Gasteiger partial charge in [-0.05, 0) is 30.7 Å². The van der Waals surface area contributed by atoms with E-state index >= 15 is 0 Å². The number of rotatable bonds is 5. The van der Waals surface area contributed by atoms with Crippen LogP contribution < -0.4 is 10.1 Å². The van der Waals surface area contributed by atoms with Crippen LogP contribution in [0.1, 0.15) is 11.1 Å². The predicted octanol–water partition coefficient (Wildman–Crippen LogP) is 3.44. The average molecular weight is 317 g/mol. The normalized spacial score (nSPS) is 10.4. The Morgan fingerprint density at radius 3 is 2.58 bits per heavy atom. The van der Waals surface area contributed by atoms with Gasteiger partial charge in [-0.1, -0.05) is 36.4 Å². The Bertz CT molecular complexity index is 857. The molecule has 0 aliphatic heterocycles. The van der Waals surface area contributed by atoms with Crippen LogP contribution >= 0.6 is 0 Å². The quantitative estimate of drug-likeness (QED) is 0.676. The number of carbonyl (C=O) groups is 1. The molecule has 1 N–H and O–H groups in total. The lowest BCUT2D eigenvalue weighted by atomic mass is 10.1.